The first-order chi connectivity index (χ1) is 5.16. The van der Waals surface area contributed by atoms with Gasteiger partial charge in [-0.1, -0.05) is 0 Å². The van der Waals surface area contributed by atoms with Crippen molar-refractivity contribution in [2.45, 2.75) is 18.9 Å². The summed E-state index contributed by atoms with van der Waals surface area (Å²) in [7, 11) is 0. The summed E-state index contributed by atoms with van der Waals surface area (Å²) >= 11 is 0. The van der Waals surface area contributed by atoms with Gasteiger partial charge in [0.25, 0.3) is 0 Å². The molecule has 5 N–H and O–H groups in total. The zero-order valence-electron chi connectivity index (χ0n) is 6.36. The van der Waals surface area contributed by atoms with E-state index in [2.05, 4.69) is 0 Å². The van der Waals surface area contributed by atoms with Gasteiger partial charge >= 0.3 is 5.97 Å². The number of rotatable bonds is 4. The van der Waals surface area contributed by atoms with Crippen molar-refractivity contribution in [3.63, 3.8) is 0 Å². The predicted octanol–water partition coefficient (Wildman–Crippen LogP) is -0.617. The van der Waals surface area contributed by atoms with Crippen LogP contribution in [0.5, 0.6) is 0 Å². The van der Waals surface area contributed by atoms with Gasteiger partial charge in [0.2, 0.25) is 0 Å². The van der Waals surface area contributed by atoms with Crippen molar-refractivity contribution in [1.29, 1.82) is 0 Å². The molecule has 1 rings (SSSR count). The molecule has 0 aromatic rings. The maximum atomic E-state index is 10.6. The lowest BCUT2D eigenvalue weighted by atomic mass is 9.95. The molecule has 4 nitrogen and oxygen atoms in total. The molecule has 0 aromatic carbocycles. The van der Waals surface area contributed by atoms with Crippen LogP contribution < -0.4 is 11.5 Å². The number of hydrogen-bond acceptors (Lipinski definition) is 3. The summed E-state index contributed by atoms with van der Waals surface area (Å²) in [6, 6.07) is -0.375. The quantitative estimate of drug-likeness (QED) is 0.509. The van der Waals surface area contributed by atoms with Crippen molar-refractivity contribution in [3.05, 3.63) is 0 Å². The van der Waals surface area contributed by atoms with Crippen LogP contribution in [-0.2, 0) is 4.79 Å². The summed E-state index contributed by atoms with van der Waals surface area (Å²) < 4.78 is 0. The lowest BCUT2D eigenvalue weighted by Crippen LogP contribution is -2.42. The molecular weight excluding hydrogens is 144 g/mol. The first kappa shape index (κ1) is 8.49. The van der Waals surface area contributed by atoms with E-state index in [0.717, 1.165) is 12.8 Å². The highest BCUT2D eigenvalue weighted by atomic mass is 16.4. The van der Waals surface area contributed by atoms with Crippen molar-refractivity contribution in [2.24, 2.45) is 23.3 Å². The van der Waals surface area contributed by atoms with E-state index in [1.807, 2.05) is 0 Å². The van der Waals surface area contributed by atoms with Gasteiger partial charge < -0.3 is 16.6 Å². The van der Waals surface area contributed by atoms with Crippen LogP contribution in [0.15, 0.2) is 0 Å². The van der Waals surface area contributed by atoms with E-state index >= 15 is 0 Å². The highest BCUT2D eigenvalue weighted by Crippen LogP contribution is 2.38. The largest absolute Gasteiger partial charge is 0.481 e. The van der Waals surface area contributed by atoms with Crippen LogP contribution in [-0.4, -0.2) is 23.7 Å². The number of carboxylic acid groups (broad SMARTS) is 1. The van der Waals surface area contributed by atoms with Gasteiger partial charge in [0, 0.05) is 12.6 Å². The summed E-state index contributed by atoms with van der Waals surface area (Å²) in [5.41, 5.74) is 10.8. The molecule has 0 radical (unpaired) electrons. The molecule has 0 heterocycles. The Labute approximate surface area is 65.6 Å². The maximum absolute atomic E-state index is 10.6. The monoisotopic (exact) mass is 158 g/mol. The molecule has 1 fully saturated rings. The molecule has 1 aliphatic carbocycles. The molecule has 4 heteroatoms. The van der Waals surface area contributed by atoms with Crippen molar-refractivity contribution < 1.29 is 9.90 Å². The van der Waals surface area contributed by atoms with Gasteiger partial charge in [-0.15, -0.1) is 0 Å². The minimum absolute atomic E-state index is 0.257. The van der Waals surface area contributed by atoms with Crippen LogP contribution >= 0.6 is 0 Å². The number of carboxylic acids is 1. The summed E-state index contributed by atoms with van der Waals surface area (Å²) in [6.07, 6.45) is 1.98. The lowest BCUT2D eigenvalue weighted by Gasteiger charge is -2.17. The van der Waals surface area contributed by atoms with Gasteiger partial charge in [-0.05, 0) is 18.8 Å². The van der Waals surface area contributed by atoms with Crippen LogP contribution in [0.1, 0.15) is 12.8 Å². The first-order valence-electron chi connectivity index (χ1n) is 3.85. The topological polar surface area (TPSA) is 89.3 Å². The third-order valence-electron chi connectivity index (χ3n) is 2.15. The molecule has 0 saturated heterocycles. The van der Waals surface area contributed by atoms with E-state index in [0.29, 0.717) is 0 Å². The van der Waals surface area contributed by atoms with Crippen molar-refractivity contribution in [1.82, 2.24) is 0 Å². The Morgan fingerprint density at radius 2 is 2.18 bits per heavy atom. The fraction of sp³-hybridized carbons (Fsp3) is 0.857. The molecule has 64 valence electrons. The Morgan fingerprint density at radius 3 is 2.45 bits per heavy atom. The lowest BCUT2D eigenvalue weighted by molar-refractivity contribution is -0.143. The molecule has 11 heavy (non-hydrogen) atoms. The smallest absolute Gasteiger partial charge is 0.308 e. The average molecular weight is 158 g/mol. The molecule has 2 atom stereocenters. The van der Waals surface area contributed by atoms with E-state index in [9.17, 15) is 4.79 Å². The van der Waals surface area contributed by atoms with Gasteiger partial charge in [-0.2, -0.15) is 0 Å². The molecule has 0 spiro atoms. The normalized spacial score (nSPS) is 22.7. The van der Waals surface area contributed by atoms with E-state index in [1.54, 1.807) is 0 Å². The zero-order chi connectivity index (χ0) is 8.43. The van der Waals surface area contributed by atoms with E-state index in [-0.39, 0.29) is 18.5 Å². The third-order valence-corrected chi connectivity index (χ3v) is 2.15. The zero-order valence-corrected chi connectivity index (χ0v) is 6.36. The van der Waals surface area contributed by atoms with E-state index in [1.165, 1.54) is 0 Å². The minimum atomic E-state index is -0.801. The molecule has 0 aliphatic heterocycles. The average Bonchev–Trinajstić information content (AvgIpc) is 2.71. The predicted molar refractivity (Wildman–Crippen MR) is 40.9 cm³/mol. The van der Waals surface area contributed by atoms with Crippen molar-refractivity contribution in [3.8, 4) is 0 Å². The molecule has 2 unspecified atom stereocenters. The fourth-order valence-corrected chi connectivity index (χ4v) is 1.34. The Balaban J connectivity index is 2.50. The Kier molecular flexibility index (Phi) is 2.46. The molecule has 1 aliphatic rings. The van der Waals surface area contributed by atoms with Gasteiger partial charge in [0.15, 0.2) is 0 Å². The number of carbonyl (C=O) groups is 1. The Bertz CT molecular complexity index is 157. The highest BCUT2D eigenvalue weighted by molar-refractivity contribution is 5.71. The molecule has 0 aromatic heterocycles. The van der Waals surface area contributed by atoms with E-state index < -0.39 is 11.9 Å². The van der Waals surface area contributed by atoms with E-state index in [4.69, 9.17) is 16.6 Å². The first-order valence-corrected chi connectivity index (χ1v) is 3.85. The summed E-state index contributed by atoms with van der Waals surface area (Å²) in [5.74, 6) is -0.934. The summed E-state index contributed by atoms with van der Waals surface area (Å²) in [6.45, 7) is 0.257. The highest BCUT2D eigenvalue weighted by Gasteiger charge is 2.39. The van der Waals surface area contributed by atoms with Gasteiger partial charge in [0.05, 0.1) is 5.92 Å². The molecular formula is C7H14N2O2. The second-order valence-corrected chi connectivity index (χ2v) is 3.10. The number of aliphatic carboxylic acids is 1. The SMILES string of the molecule is NCC(N)C(C(=O)O)C1CC1. The fourth-order valence-electron chi connectivity index (χ4n) is 1.34. The second kappa shape index (κ2) is 3.19. The van der Waals surface area contributed by atoms with Crippen molar-refractivity contribution in [2.75, 3.05) is 6.54 Å². The maximum Gasteiger partial charge on any atom is 0.308 e. The van der Waals surface area contributed by atoms with Gasteiger partial charge in [-0.25, -0.2) is 0 Å². The molecule has 0 bridgehead atoms. The second-order valence-electron chi connectivity index (χ2n) is 3.10. The van der Waals surface area contributed by atoms with Crippen LogP contribution in [0.4, 0.5) is 0 Å². The summed E-state index contributed by atoms with van der Waals surface area (Å²) in [5, 5.41) is 8.75. The Hall–Kier alpha value is -0.610. The third kappa shape index (κ3) is 1.91. The van der Waals surface area contributed by atoms with Crippen LogP contribution in [0.2, 0.25) is 0 Å². The van der Waals surface area contributed by atoms with Crippen molar-refractivity contribution >= 4 is 5.97 Å². The van der Waals surface area contributed by atoms with Crippen LogP contribution in [0.3, 0.4) is 0 Å². The van der Waals surface area contributed by atoms with Gasteiger partial charge in [-0.3, -0.25) is 4.79 Å². The molecule has 0 amide bonds. The van der Waals surface area contributed by atoms with Crippen LogP contribution in [0.25, 0.3) is 0 Å². The van der Waals surface area contributed by atoms with Gasteiger partial charge in [0.1, 0.15) is 0 Å². The summed E-state index contributed by atoms with van der Waals surface area (Å²) in [4.78, 5) is 10.6. The van der Waals surface area contributed by atoms with Crippen LogP contribution in [0, 0.1) is 11.8 Å². The number of nitrogens with two attached hydrogens (primary N) is 2. The Morgan fingerprint density at radius 1 is 1.64 bits per heavy atom. The standard InChI is InChI=1S/C7H14N2O2/c8-3-5(9)6(7(10)11)4-1-2-4/h4-6H,1-3,8-9H2,(H,10,11). The number of hydrogen-bond donors (Lipinski definition) is 3. The minimum Gasteiger partial charge on any atom is -0.481 e. The molecule has 1 saturated carbocycles.